The van der Waals surface area contributed by atoms with Crippen molar-refractivity contribution < 1.29 is 17.6 Å². The van der Waals surface area contributed by atoms with Crippen molar-refractivity contribution in [1.82, 2.24) is 4.90 Å². The maximum absolute atomic E-state index is 13.2. The Hall–Kier alpha value is -2.58. The van der Waals surface area contributed by atoms with Crippen LogP contribution in [0.3, 0.4) is 0 Å². The average Bonchev–Trinajstić information content (AvgIpc) is 2.49. The van der Waals surface area contributed by atoms with Crippen LogP contribution in [-0.2, 0) is 6.18 Å². The Morgan fingerprint density at radius 1 is 1.17 bits per heavy atom. The van der Waals surface area contributed by atoms with Gasteiger partial charge in [-0.25, -0.2) is 9.38 Å². The van der Waals surface area contributed by atoms with Crippen LogP contribution in [0.2, 0.25) is 0 Å². The van der Waals surface area contributed by atoms with Gasteiger partial charge in [0.2, 0.25) is 5.96 Å². The molecule has 1 heterocycles. The van der Waals surface area contributed by atoms with E-state index < -0.39 is 17.6 Å². The quantitative estimate of drug-likeness (QED) is 0.359. The lowest BCUT2D eigenvalue weighted by molar-refractivity contribution is -0.139. The first-order chi connectivity index (χ1) is 10.8. The minimum absolute atomic E-state index is 0.119. The summed E-state index contributed by atoms with van der Waals surface area (Å²) in [4.78, 5) is 9.32. The van der Waals surface area contributed by atoms with Crippen LogP contribution in [0.1, 0.15) is 12.0 Å². The van der Waals surface area contributed by atoms with Gasteiger partial charge in [-0.15, -0.1) is 0 Å². The van der Waals surface area contributed by atoms with E-state index in [9.17, 15) is 17.6 Å². The molecule has 0 saturated heterocycles. The number of rotatable bonds is 1. The smallest absolute Gasteiger partial charge is 0.369 e. The molecule has 9 heteroatoms. The molecule has 4 N–H and O–H groups in total. The summed E-state index contributed by atoms with van der Waals surface area (Å²) in [5.41, 5.74) is 9.77. The van der Waals surface area contributed by atoms with Crippen molar-refractivity contribution in [3.8, 4) is 0 Å². The lowest BCUT2D eigenvalue weighted by Crippen LogP contribution is -2.40. The third-order valence-electron chi connectivity index (χ3n) is 3.11. The van der Waals surface area contributed by atoms with Crippen LogP contribution in [0, 0.1) is 5.82 Å². The molecule has 0 fully saturated rings. The first-order valence-electron chi connectivity index (χ1n) is 6.72. The number of guanidine groups is 2. The predicted octanol–water partition coefficient (Wildman–Crippen LogP) is 2.37. The van der Waals surface area contributed by atoms with E-state index in [0.29, 0.717) is 25.2 Å². The SMILES string of the molecule is NC(=Nc1ccc(F)c(C(F)(F)F)c1)/N=C(/N)N1CC=CCC1. The van der Waals surface area contributed by atoms with Gasteiger partial charge in [0, 0.05) is 13.1 Å². The molecule has 23 heavy (non-hydrogen) atoms. The molecule has 0 saturated carbocycles. The Morgan fingerprint density at radius 2 is 1.91 bits per heavy atom. The molecule has 0 amide bonds. The van der Waals surface area contributed by atoms with Crippen molar-refractivity contribution in [2.24, 2.45) is 21.5 Å². The molecule has 5 nitrogen and oxygen atoms in total. The summed E-state index contributed by atoms with van der Waals surface area (Å²) in [6.07, 6.45) is -0.0970. The van der Waals surface area contributed by atoms with Crippen molar-refractivity contribution in [3.05, 3.63) is 41.7 Å². The predicted molar refractivity (Wildman–Crippen MR) is 79.6 cm³/mol. The van der Waals surface area contributed by atoms with Crippen LogP contribution >= 0.6 is 0 Å². The maximum atomic E-state index is 13.2. The summed E-state index contributed by atoms with van der Waals surface area (Å²) in [6.45, 7) is 1.23. The van der Waals surface area contributed by atoms with Gasteiger partial charge in [0.05, 0.1) is 11.3 Å². The second kappa shape index (κ2) is 6.67. The summed E-state index contributed by atoms with van der Waals surface area (Å²) in [5, 5.41) is 0. The number of nitrogens with zero attached hydrogens (tertiary/aromatic N) is 3. The van der Waals surface area contributed by atoms with Gasteiger partial charge in [-0.2, -0.15) is 18.2 Å². The Kier molecular flexibility index (Phi) is 4.87. The van der Waals surface area contributed by atoms with Crippen LogP contribution < -0.4 is 11.5 Å². The molecule has 2 rings (SSSR count). The second-order valence-electron chi connectivity index (χ2n) is 4.81. The van der Waals surface area contributed by atoms with E-state index in [0.717, 1.165) is 12.5 Å². The molecule has 0 unspecified atom stereocenters. The zero-order chi connectivity index (χ0) is 17.0. The number of halogens is 4. The molecule has 0 radical (unpaired) electrons. The van der Waals surface area contributed by atoms with E-state index in [4.69, 9.17) is 11.5 Å². The molecule has 1 aliphatic rings. The molecule has 0 aliphatic carbocycles. The van der Waals surface area contributed by atoms with Gasteiger partial charge in [0.15, 0.2) is 5.96 Å². The molecule has 124 valence electrons. The highest BCUT2D eigenvalue weighted by molar-refractivity contribution is 5.94. The van der Waals surface area contributed by atoms with Crippen molar-refractivity contribution in [2.45, 2.75) is 12.6 Å². The van der Waals surface area contributed by atoms with Crippen molar-refractivity contribution in [2.75, 3.05) is 13.1 Å². The van der Waals surface area contributed by atoms with Crippen molar-refractivity contribution in [3.63, 3.8) is 0 Å². The van der Waals surface area contributed by atoms with Gasteiger partial charge in [-0.1, -0.05) is 12.2 Å². The topological polar surface area (TPSA) is 80.0 Å². The van der Waals surface area contributed by atoms with Crippen LogP contribution in [0.15, 0.2) is 40.3 Å². The van der Waals surface area contributed by atoms with E-state index in [1.165, 1.54) is 0 Å². The van der Waals surface area contributed by atoms with Gasteiger partial charge < -0.3 is 16.4 Å². The number of benzene rings is 1. The van der Waals surface area contributed by atoms with Crippen LogP contribution in [0.25, 0.3) is 0 Å². The largest absolute Gasteiger partial charge is 0.419 e. The Balaban J connectivity index is 2.22. The summed E-state index contributed by atoms with van der Waals surface area (Å²) in [6, 6.07) is 2.32. The molecule has 0 aromatic heterocycles. The fourth-order valence-electron chi connectivity index (χ4n) is 1.99. The monoisotopic (exact) mass is 329 g/mol. The third kappa shape index (κ3) is 4.44. The van der Waals surface area contributed by atoms with Gasteiger partial charge in [-0.05, 0) is 24.6 Å². The van der Waals surface area contributed by atoms with E-state index >= 15 is 0 Å². The first-order valence-corrected chi connectivity index (χ1v) is 6.72. The zero-order valence-electron chi connectivity index (χ0n) is 12.0. The molecular weight excluding hydrogens is 314 g/mol. The van der Waals surface area contributed by atoms with Crippen molar-refractivity contribution >= 4 is 17.6 Å². The first kappa shape index (κ1) is 16.8. The van der Waals surface area contributed by atoms with E-state index in [1.54, 1.807) is 4.90 Å². The summed E-state index contributed by atoms with van der Waals surface area (Å²) in [5.74, 6) is -1.57. The molecule has 1 aromatic rings. The van der Waals surface area contributed by atoms with E-state index in [1.807, 2.05) is 12.2 Å². The second-order valence-corrected chi connectivity index (χ2v) is 4.81. The van der Waals surface area contributed by atoms with Crippen molar-refractivity contribution in [1.29, 1.82) is 0 Å². The highest BCUT2D eigenvalue weighted by Gasteiger charge is 2.34. The summed E-state index contributed by atoms with van der Waals surface area (Å²) in [7, 11) is 0. The van der Waals surface area contributed by atoms with E-state index in [-0.39, 0.29) is 17.6 Å². The van der Waals surface area contributed by atoms with Gasteiger partial charge in [0.25, 0.3) is 0 Å². The maximum Gasteiger partial charge on any atom is 0.419 e. The van der Waals surface area contributed by atoms with Gasteiger partial charge >= 0.3 is 6.18 Å². The lowest BCUT2D eigenvalue weighted by Gasteiger charge is -2.23. The molecule has 1 aliphatic heterocycles. The van der Waals surface area contributed by atoms with Gasteiger partial charge in [-0.3, -0.25) is 0 Å². The van der Waals surface area contributed by atoms with Crippen LogP contribution in [0.5, 0.6) is 0 Å². The Labute approximate surface area is 130 Å². The molecule has 0 spiro atoms. The van der Waals surface area contributed by atoms with E-state index in [2.05, 4.69) is 9.98 Å². The molecule has 1 aromatic carbocycles. The average molecular weight is 329 g/mol. The number of hydrogen-bond acceptors (Lipinski definition) is 1. The van der Waals surface area contributed by atoms with Gasteiger partial charge in [0.1, 0.15) is 5.82 Å². The highest BCUT2D eigenvalue weighted by Crippen LogP contribution is 2.33. The number of hydrogen-bond donors (Lipinski definition) is 2. The fourth-order valence-corrected chi connectivity index (χ4v) is 1.99. The molecular formula is C14H15F4N5. The molecule has 0 bridgehead atoms. The standard InChI is InChI=1S/C14H15F4N5/c15-11-5-4-9(8-10(11)14(16,17)18)21-12(19)22-13(20)23-6-2-1-3-7-23/h1-2,4-5,8H,3,6-7H2,(H4,19,20,21,22). The van der Waals surface area contributed by atoms with Crippen LogP contribution in [-0.4, -0.2) is 29.9 Å². The molecule has 0 atom stereocenters. The Bertz CT molecular complexity index is 664. The van der Waals surface area contributed by atoms with Crippen LogP contribution in [0.4, 0.5) is 23.2 Å². The summed E-state index contributed by atoms with van der Waals surface area (Å²) >= 11 is 0. The highest BCUT2D eigenvalue weighted by atomic mass is 19.4. The minimum Gasteiger partial charge on any atom is -0.369 e. The minimum atomic E-state index is -4.81. The normalized spacial score (nSPS) is 16.8. The number of nitrogens with two attached hydrogens (primary N) is 2. The number of aliphatic imine (C=N–C) groups is 2. The zero-order valence-corrected chi connectivity index (χ0v) is 12.0. The summed E-state index contributed by atoms with van der Waals surface area (Å²) < 4.78 is 51.1. The lowest BCUT2D eigenvalue weighted by atomic mass is 10.2. The fraction of sp³-hybridized carbons (Fsp3) is 0.286. The Morgan fingerprint density at radius 3 is 2.52 bits per heavy atom. The number of alkyl halides is 3. The third-order valence-corrected chi connectivity index (χ3v) is 3.11.